The van der Waals surface area contributed by atoms with E-state index < -0.39 is 40.9 Å². The van der Waals surface area contributed by atoms with Gasteiger partial charge in [-0.2, -0.15) is 0 Å². The lowest BCUT2D eigenvalue weighted by atomic mass is 9.90. The number of likely N-dealkylation sites (tertiary alicyclic amines) is 2. The van der Waals surface area contributed by atoms with Crippen molar-refractivity contribution < 1.29 is 19.2 Å². The van der Waals surface area contributed by atoms with Crippen LogP contribution in [0.4, 0.5) is 0 Å². The first-order chi connectivity index (χ1) is 14.7. The summed E-state index contributed by atoms with van der Waals surface area (Å²) in [7, 11) is 0. The van der Waals surface area contributed by atoms with Crippen LogP contribution < -0.4 is 0 Å². The number of amides is 4. The number of rotatable bonds is 3. The lowest BCUT2D eigenvalue weighted by molar-refractivity contribution is -0.144. The summed E-state index contributed by atoms with van der Waals surface area (Å²) in [5.41, 5.74) is 0. The van der Waals surface area contributed by atoms with Crippen LogP contribution in [0, 0.1) is 0 Å². The van der Waals surface area contributed by atoms with Crippen LogP contribution in [0.3, 0.4) is 0 Å². The average Bonchev–Trinajstić information content (AvgIpc) is 3.00. The molecule has 2 fully saturated rings. The second-order valence-electron chi connectivity index (χ2n) is 7.25. The number of allylic oxidation sites excluding steroid dienone is 4. The van der Waals surface area contributed by atoms with E-state index in [9.17, 15) is 19.2 Å². The average molecular weight is 956 g/mol. The van der Waals surface area contributed by atoms with Gasteiger partial charge in [-0.3, -0.25) is 29.0 Å². The Morgan fingerprint density at radius 3 is 1.22 bits per heavy atom. The van der Waals surface area contributed by atoms with Crippen LogP contribution in [0.1, 0.15) is 0 Å². The monoisotopic (exact) mass is 947 g/mol. The molecule has 0 bridgehead atoms. The zero-order chi connectivity index (χ0) is 24.0. The summed E-state index contributed by atoms with van der Waals surface area (Å²) in [6.07, 6.45) is 6.51. The molecule has 170 valence electrons. The van der Waals surface area contributed by atoms with Crippen molar-refractivity contribution in [2.75, 3.05) is 13.1 Å². The Kier molecular flexibility index (Phi) is 6.79. The molecule has 0 aromatic heterocycles. The van der Waals surface area contributed by atoms with Gasteiger partial charge >= 0.3 is 0 Å². The van der Waals surface area contributed by atoms with E-state index in [1.807, 2.05) is 0 Å². The largest absolute Gasteiger partial charge is 0.278 e. The Labute approximate surface area is 249 Å². The molecule has 0 N–H and O–H groups in total. The van der Waals surface area contributed by atoms with Gasteiger partial charge in [0.2, 0.25) is 0 Å². The third-order valence-corrected chi connectivity index (χ3v) is 17.4. The van der Waals surface area contributed by atoms with E-state index in [2.05, 4.69) is 127 Å². The number of hydrogen-bond acceptors (Lipinski definition) is 4. The molecule has 32 heavy (non-hydrogen) atoms. The van der Waals surface area contributed by atoms with Gasteiger partial charge in [0.15, 0.2) is 17.3 Å². The lowest BCUT2D eigenvalue weighted by Crippen LogP contribution is -2.48. The van der Waals surface area contributed by atoms with E-state index in [0.717, 1.165) is 9.80 Å². The van der Waals surface area contributed by atoms with Crippen LogP contribution in [-0.2, 0) is 19.2 Å². The van der Waals surface area contributed by atoms with Crippen molar-refractivity contribution in [3.8, 4) is 0 Å². The van der Waals surface area contributed by atoms with E-state index >= 15 is 0 Å². The van der Waals surface area contributed by atoms with E-state index in [4.69, 9.17) is 0 Å². The van der Waals surface area contributed by atoms with Crippen molar-refractivity contribution in [2.45, 2.75) is 17.3 Å². The summed E-state index contributed by atoms with van der Waals surface area (Å²) in [5, 5.41) is 0. The summed E-state index contributed by atoms with van der Waals surface area (Å²) < 4.78 is -3.38. The third-order valence-electron chi connectivity index (χ3n) is 5.69. The highest BCUT2D eigenvalue weighted by atomic mass is 79.9. The minimum absolute atomic E-state index is 0.167. The van der Waals surface area contributed by atoms with Gasteiger partial charge in [0.1, 0.15) is 0 Å². The Balaban J connectivity index is 1.65. The maximum absolute atomic E-state index is 13.3. The second-order valence-corrected chi connectivity index (χ2v) is 15.4. The molecule has 0 radical (unpaired) electrons. The quantitative estimate of drug-likeness (QED) is 0.281. The topological polar surface area (TPSA) is 74.8 Å². The Morgan fingerprint density at radius 2 is 0.906 bits per heavy atom. The predicted octanol–water partition coefficient (Wildman–Crippen LogP) is 5.40. The van der Waals surface area contributed by atoms with E-state index in [0.29, 0.717) is 17.9 Å². The number of carbonyl (C=O) groups excluding carboxylic acids is 4. The standard InChI is InChI=1S/C18H8Br8N2O4/c19-7-1-3-15(23)11(29)27(13(31)17(15,25)9(7)21)5-6-28-12(30)16(24)4-2-8(20)10(22)18(16,26)14(28)32/h1-4H,5-6H2. The maximum Gasteiger partial charge on any atom is 0.253 e. The van der Waals surface area contributed by atoms with E-state index in [1.54, 1.807) is 24.3 Å². The molecule has 14 heteroatoms. The van der Waals surface area contributed by atoms with E-state index in [-0.39, 0.29) is 13.1 Å². The van der Waals surface area contributed by atoms with Gasteiger partial charge in [0.05, 0.1) is 0 Å². The molecule has 0 aromatic carbocycles. The van der Waals surface area contributed by atoms with Crippen LogP contribution in [-0.4, -0.2) is 63.8 Å². The smallest absolute Gasteiger partial charge is 0.253 e. The number of carbonyl (C=O) groups is 4. The fourth-order valence-electron chi connectivity index (χ4n) is 3.89. The van der Waals surface area contributed by atoms with Crippen molar-refractivity contribution in [3.63, 3.8) is 0 Å². The van der Waals surface area contributed by atoms with Crippen molar-refractivity contribution in [1.82, 2.24) is 9.80 Å². The van der Waals surface area contributed by atoms with Crippen molar-refractivity contribution in [1.29, 1.82) is 0 Å². The number of fused-ring (bicyclic) bond motifs is 2. The number of alkyl halides is 4. The summed E-state index contributed by atoms with van der Waals surface area (Å²) >= 11 is 27.3. The summed E-state index contributed by atoms with van der Waals surface area (Å²) in [5.74, 6) is -2.05. The van der Waals surface area contributed by atoms with Gasteiger partial charge in [-0.15, -0.1) is 0 Å². The van der Waals surface area contributed by atoms with Crippen molar-refractivity contribution in [3.05, 3.63) is 42.2 Å². The molecular formula is C18H8Br8N2O4. The molecular weight excluding hydrogens is 947 g/mol. The predicted molar refractivity (Wildman–Crippen MR) is 148 cm³/mol. The highest BCUT2D eigenvalue weighted by Crippen LogP contribution is 2.59. The Bertz CT molecular complexity index is 1060. The molecule has 2 aliphatic carbocycles. The fourth-order valence-corrected chi connectivity index (χ4v) is 9.93. The van der Waals surface area contributed by atoms with Gasteiger partial charge < -0.3 is 0 Å². The highest BCUT2D eigenvalue weighted by Gasteiger charge is 2.71. The first kappa shape index (κ1) is 26.2. The van der Waals surface area contributed by atoms with Gasteiger partial charge in [0.25, 0.3) is 23.6 Å². The normalized spacial score (nSPS) is 39.0. The summed E-state index contributed by atoms with van der Waals surface area (Å²) in [6.45, 7) is -0.333. The molecule has 4 rings (SSSR count). The molecule has 2 heterocycles. The molecule has 0 spiro atoms. The SMILES string of the molecule is O=C1N(CCN2C(=O)C3(Br)C=CC(Br)=C(Br)C3(Br)C2=O)C(=O)C2(Br)C(Br)=C(Br)C=CC12Br. The van der Waals surface area contributed by atoms with Crippen LogP contribution in [0.25, 0.3) is 0 Å². The molecule has 2 saturated heterocycles. The molecule has 4 aliphatic rings. The Morgan fingerprint density at radius 1 is 0.594 bits per heavy atom. The summed E-state index contributed by atoms with van der Waals surface area (Å²) in [4.78, 5) is 55.3. The highest BCUT2D eigenvalue weighted by molar-refractivity contribution is 9.17. The van der Waals surface area contributed by atoms with Gasteiger partial charge in [-0.25, -0.2) is 0 Å². The number of halogens is 8. The van der Waals surface area contributed by atoms with Crippen LogP contribution in [0.2, 0.25) is 0 Å². The van der Waals surface area contributed by atoms with Crippen molar-refractivity contribution >= 4 is 151 Å². The minimum atomic E-state index is -1.40. The Hall–Kier alpha value is 1.08. The molecule has 0 aromatic rings. The second kappa shape index (κ2) is 8.31. The summed E-state index contributed by atoms with van der Waals surface area (Å²) in [6, 6.07) is 0. The third kappa shape index (κ3) is 3.05. The number of nitrogens with zero attached hydrogens (tertiary/aromatic N) is 2. The van der Waals surface area contributed by atoms with Crippen LogP contribution in [0.5, 0.6) is 0 Å². The zero-order valence-electron chi connectivity index (χ0n) is 15.3. The van der Waals surface area contributed by atoms with Crippen LogP contribution >= 0.6 is 127 Å². The molecule has 0 saturated carbocycles. The first-order valence-corrected chi connectivity index (χ1v) is 15.0. The maximum atomic E-state index is 13.3. The minimum Gasteiger partial charge on any atom is -0.278 e. The lowest BCUT2D eigenvalue weighted by Gasteiger charge is -2.33. The fraction of sp³-hybridized carbons (Fsp3) is 0.333. The van der Waals surface area contributed by atoms with Gasteiger partial charge in [-0.1, -0.05) is 108 Å². The number of imide groups is 2. The number of hydrogen-bond donors (Lipinski definition) is 0. The van der Waals surface area contributed by atoms with Gasteiger partial charge in [-0.05, 0) is 44.0 Å². The van der Waals surface area contributed by atoms with Gasteiger partial charge in [0, 0.05) is 31.0 Å². The van der Waals surface area contributed by atoms with E-state index in [1.165, 1.54) is 0 Å². The van der Waals surface area contributed by atoms with Crippen LogP contribution in [0.15, 0.2) is 42.2 Å². The molecule has 2 aliphatic heterocycles. The molecule has 6 nitrogen and oxygen atoms in total. The first-order valence-electron chi connectivity index (χ1n) is 8.68. The molecule has 4 unspecified atom stereocenters. The van der Waals surface area contributed by atoms with Crippen molar-refractivity contribution in [2.24, 2.45) is 0 Å². The zero-order valence-corrected chi connectivity index (χ0v) is 28.0. The molecule has 4 atom stereocenters. The molecule has 4 amide bonds.